The van der Waals surface area contributed by atoms with E-state index in [-0.39, 0.29) is 12.2 Å². The van der Waals surface area contributed by atoms with E-state index in [0.29, 0.717) is 38.8 Å². The molecule has 2 heterocycles. The summed E-state index contributed by atoms with van der Waals surface area (Å²) in [5.74, 6) is -1.80. The highest BCUT2D eigenvalue weighted by Gasteiger charge is 2.24. The van der Waals surface area contributed by atoms with Crippen LogP contribution in [-0.2, 0) is 16.6 Å². The van der Waals surface area contributed by atoms with Gasteiger partial charge in [-0.05, 0) is 41.4 Å². The maximum absolute atomic E-state index is 14.0. The number of aromatic nitrogens is 3. The summed E-state index contributed by atoms with van der Waals surface area (Å²) in [5, 5.41) is 8.05. The quantitative estimate of drug-likeness (QED) is 0.299. The van der Waals surface area contributed by atoms with Gasteiger partial charge in [0.05, 0.1) is 5.69 Å². The van der Waals surface area contributed by atoms with E-state index in [1.807, 2.05) is 18.2 Å². The van der Waals surface area contributed by atoms with Gasteiger partial charge in [0, 0.05) is 35.1 Å². The van der Waals surface area contributed by atoms with Crippen LogP contribution >= 0.6 is 11.6 Å². The SMILES string of the molecule is [B]c1cnn2c(NCc3cccc(NS(=O)(=O)c4c(F)cccc4F)c3)cc(-c3ccccc3Cl)nc12. The van der Waals surface area contributed by atoms with Gasteiger partial charge in [0.2, 0.25) is 0 Å². The average Bonchev–Trinajstić information content (AvgIpc) is 3.23. The molecule has 0 aliphatic rings. The fraction of sp³-hybridized carbons (Fsp3) is 0.0400. The molecule has 0 spiro atoms. The lowest BCUT2D eigenvalue weighted by molar-refractivity contribution is 0.521. The molecule has 2 N–H and O–H groups in total. The molecule has 0 fully saturated rings. The molecule has 0 saturated heterocycles. The number of sulfonamides is 1. The molecule has 7 nitrogen and oxygen atoms in total. The van der Waals surface area contributed by atoms with Gasteiger partial charge in [-0.1, -0.05) is 48.0 Å². The van der Waals surface area contributed by atoms with Crippen LogP contribution in [0.4, 0.5) is 20.3 Å². The molecule has 0 amide bonds. The van der Waals surface area contributed by atoms with E-state index in [0.717, 1.165) is 18.2 Å². The highest BCUT2D eigenvalue weighted by atomic mass is 35.5. The largest absolute Gasteiger partial charge is 0.366 e. The minimum Gasteiger partial charge on any atom is -0.366 e. The van der Waals surface area contributed by atoms with Crippen molar-refractivity contribution in [1.82, 2.24) is 14.6 Å². The summed E-state index contributed by atoms with van der Waals surface area (Å²) >= 11 is 6.37. The summed E-state index contributed by atoms with van der Waals surface area (Å²) in [6.45, 7) is 0.254. The Labute approximate surface area is 217 Å². The van der Waals surface area contributed by atoms with E-state index >= 15 is 0 Å². The van der Waals surface area contributed by atoms with Crippen LogP contribution in [0.1, 0.15) is 5.56 Å². The molecule has 0 atom stereocenters. The fourth-order valence-corrected chi connectivity index (χ4v) is 5.22. The Bertz CT molecular complexity index is 1730. The van der Waals surface area contributed by atoms with Gasteiger partial charge in [-0.15, -0.1) is 0 Å². The average molecular weight is 536 g/mol. The molecule has 0 aliphatic carbocycles. The van der Waals surface area contributed by atoms with E-state index in [1.54, 1.807) is 34.8 Å². The van der Waals surface area contributed by atoms with Gasteiger partial charge >= 0.3 is 0 Å². The monoisotopic (exact) mass is 535 g/mol. The Hall–Kier alpha value is -3.96. The molecule has 2 aromatic heterocycles. The van der Waals surface area contributed by atoms with Crippen LogP contribution in [0.15, 0.2) is 83.9 Å². The Kier molecular flexibility index (Phi) is 6.57. The van der Waals surface area contributed by atoms with Crippen molar-refractivity contribution in [3.05, 3.63) is 101 Å². The zero-order valence-electron chi connectivity index (χ0n) is 19.0. The van der Waals surface area contributed by atoms with E-state index in [9.17, 15) is 17.2 Å². The first-order valence-electron chi connectivity index (χ1n) is 10.9. The number of fused-ring (bicyclic) bond motifs is 1. The van der Waals surface area contributed by atoms with Gasteiger partial charge in [0.1, 0.15) is 25.3 Å². The summed E-state index contributed by atoms with van der Waals surface area (Å²) in [6.07, 6.45) is 1.49. The lowest BCUT2D eigenvalue weighted by Crippen LogP contribution is -2.16. The van der Waals surface area contributed by atoms with E-state index in [4.69, 9.17) is 19.4 Å². The third-order valence-corrected chi connectivity index (χ3v) is 7.25. The topological polar surface area (TPSA) is 88.4 Å². The first kappa shape index (κ1) is 24.7. The zero-order chi connectivity index (χ0) is 26.2. The molecule has 0 aliphatic heterocycles. The minimum atomic E-state index is -4.49. The molecule has 0 unspecified atom stereocenters. The van der Waals surface area contributed by atoms with Gasteiger partial charge in [-0.25, -0.2) is 22.2 Å². The molecular formula is C25H17BClF2N5O2S. The summed E-state index contributed by atoms with van der Waals surface area (Å²) in [5.41, 5.74) is 2.94. The van der Waals surface area contributed by atoms with Crippen molar-refractivity contribution in [3.8, 4) is 11.3 Å². The third kappa shape index (κ3) is 5.00. The van der Waals surface area contributed by atoms with E-state index in [2.05, 4.69) is 20.1 Å². The number of halogens is 3. The van der Waals surface area contributed by atoms with Crippen molar-refractivity contribution in [2.24, 2.45) is 0 Å². The van der Waals surface area contributed by atoms with Gasteiger partial charge < -0.3 is 5.32 Å². The molecule has 12 heteroatoms. The molecule has 3 aromatic carbocycles. The number of benzene rings is 3. The van der Waals surface area contributed by atoms with E-state index < -0.39 is 26.6 Å². The van der Waals surface area contributed by atoms with Crippen molar-refractivity contribution >= 4 is 52.1 Å². The molecule has 184 valence electrons. The van der Waals surface area contributed by atoms with Crippen molar-refractivity contribution in [2.45, 2.75) is 11.4 Å². The zero-order valence-corrected chi connectivity index (χ0v) is 20.6. The molecule has 5 aromatic rings. The van der Waals surface area contributed by atoms with Crippen LogP contribution in [0.5, 0.6) is 0 Å². The van der Waals surface area contributed by atoms with Crippen molar-refractivity contribution in [3.63, 3.8) is 0 Å². The van der Waals surface area contributed by atoms with Gasteiger partial charge in [0.15, 0.2) is 10.5 Å². The summed E-state index contributed by atoms with van der Waals surface area (Å²) < 4.78 is 57.1. The lowest BCUT2D eigenvalue weighted by atomic mass is 10.0. The summed E-state index contributed by atoms with van der Waals surface area (Å²) in [4.78, 5) is 3.55. The molecule has 5 rings (SSSR count). The Morgan fingerprint density at radius 2 is 1.70 bits per heavy atom. The number of hydrogen-bond acceptors (Lipinski definition) is 5. The highest BCUT2D eigenvalue weighted by molar-refractivity contribution is 7.92. The second kappa shape index (κ2) is 9.83. The van der Waals surface area contributed by atoms with Crippen molar-refractivity contribution in [1.29, 1.82) is 0 Å². The highest BCUT2D eigenvalue weighted by Crippen LogP contribution is 2.28. The maximum Gasteiger partial charge on any atom is 0.267 e. The number of nitrogens with zero attached hydrogens (tertiary/aromatic N) is 3. The van der Waals surface area contributed by atoms with E-state index in [1.165, 1.54) is 12.3 Å². The van der Waals surface area contributed by atoms with Crippen molar-refractivity contribution in [2.75, 3.05) is 10.0 Å². The normalized spacial score (nSPS) is 11.5. The molecular weight excluding hydrogens is 519 g/mol. The predicted octanol–water partition coefficient (Wildman–Crippen LogP) is 4.53. The van der Waals surface area contributed by atoms with Crippen LogP contribution in [0.2, 0.25) is 5.02 Å². The molecule has 0 saturated carbocycles. The smallest absolute Gasteiger partial charge is 0.267 e. The Morgan fingerprint density at radius 1 is 0.973 bits per heavy atom. The summed E-state index contributed by atoms with van der Waals surface area (Å²) in [7, 11) is 1.57. The Balaban J connectivity index is 1.42. The predicted molar refractivity (Wildman–Crippen MR) is 140 cm³/mol. The Morgan fingerprint density at radius 3 is 2.46 bits per heavy atom. The number of nitrogens with one attached hydrogen (secondary N) is 2. The number of anilines is 2. The van der Waals surface area contributed by atoms with Gasteiger partial charge in [-0.2, -0.15) is 9.61 Å². The standard InChI is InChI=1S/C25H17BClF2N5O2S/c26-18-14-31-34-23(12-22(32-25(18)34)17-7-1-2-8-19(17)27)30-13-15-5-3-6-16(11-15)33-37(35,36)24-20(28)9-4-10-21(24)29/h1-12,14,30,33H,13H2. The first-order valence-corrected chi connectivity index (χ1v) is 12.8. The summed E-state index contributed by atoms with van der Waals surface area (Å²) in [6, 6.07) is 18.3. The molecule has 37 heavy (non-hydrogen) atoms. The second-order valence-electron chi connectivity index (χ2n) is 8.05. The van der Waals surface area contributed by atoms with Crippen LogP contribution in [0, 0.1) is 11.6 Å². The van der Waals surface area contributed by atoms with Crippen LogP contribution < -0.4 is 15.5 Å². The lowest BCUT2D eigenvalue weighted by Gasteiger charge is -2.13. The number of hydrogen-bond donors (Lipinski definition) is 2. The van der Waals surface area contributed by atoms with Gasteiger partial charge in [-0.3, -0.25) is 4.72 Å². The van der Waals surface area contributed by atoms with Crippen LogP contribution in [0.25, 0.3) is 16.9 Å². The molecule has 2 radical (unpaired) electrons. The number of rotatable bonds is 7. The third-order valence-electron chi connectivity index (χ3n) is 5.49. The van der Waals surface area contributed by atoms with Crippen LogP contribution in [0.3, 0.4) is 0 Å². The maximum atomic E-state index is 14.0. The first-order chi connectivity index (χ1) is 17.7. The van der Waals surface area contributed by atoms with Crippen molar-refractivity contribution < 1.29 is 17.2 Å². The van der Waals surface area contributed by atoms with Crippen LogP contribution in [-0.4, -0.2) is 30.9 Å². The fourth-order valence-electron chi connectivity index (χ4n) is 3.80. The molecule has 0 bridgehead atoms. The van der Waals surface area contributed by atoms with Gasteiger partial charge in [0.25, 0.3) is 10.0 Å². The second-order valence-corrected chi connectivity index (χ2v) is 10.1. The minimum absolute atomic E-state index is 0.141.